The van der Waals surface area contributed by atoms with Crippen LogP contribution in [0.3, 0.4) is 0 Å². The van der Waals surface area contributed by atoms with Crippen LogP contribution in [0.15, 0.2) is 23.8 Å². The first-order valence-electron chi connectivity index (χ1n) is 9.25. The molecule has 1 nitrogen and oxygen atoms in total. The minimum Gasteiger partial charge on any atom is -0.193 e. The number of hydrogen-bond donors (Lipinski definition) is 0. The van der Waals surface area contributed by atoms with Gasteiger partial charge in [0.05, 0.1) is 6.07 Å². The van der Waals surface area contributed by atoms with Crippen molar-refractivity contribution in [2.24, 2.45) is 29.1 Å². The van der Waals surface area contributed by atoms with Crippen molar-refractivity contribution in [2.45, 2.75) is 72.6 Å². The van der Waals surface area contributed by atoms with Gasteiger partial charge in [-0.3, -0.25) is 0 Å². The molecule has 0 unspecified atom stereocenters. The molecule has 0 N–H and O–H groups in total. The number of nitriles is 1. The molecule has 2 aliphatic rings. The highest BCUT2D eigenvalue weighted by molar-refractivity contribution is 5.31. The quantitative estimate of drug-likeness (QED) is 0.529. The van der Waals surface area contributed by atoms with Crippen LogP contribution in [0.5, 0.6) is 0 Å². The fourth-order valence-corrected chi connectivity index (χ4v) is 5.16. The molecule has 0 saturated heterocycles. The van der Waals surface area contributed by atoms with Crippen LogP contribution in [0.25, 0.3) is 0 Å². The third-order valence-corrected chi connectivity index (χ3v) is 6.35. The average Bonchev–Trinajstić information content (AvgIpc) is 2.82. The third-order valence-electron chi connectivity index (χ3n) is 6.35. The van der Waals surface area contributed by atoms with Crippen molar-refractivity contribution in [2.75, 3.05) is 0 Å². The topological polar surface area (TPSA) is 23.8 Å². The van der Waals surface area contributed by atoms with Crippen LogP contribution >= 0.6 is 0 Å². The molecule has 1 saturated carbocycles. The maximum atomic E-state index is 8.82. The summed E-state index contributed by atoms with van der Waals surface area (Å²) in [5, 5.41) is 8.82. The predicted octanol–water partition coefficient (Wildman–Crippen LogP) is 6.28. The Morgan fingerprint density at radius 2 is 2.09 bits per heavy atom. The van der Waals surface area contributed by atoms with Crippen LogP contribution in [0.1, 0.15) is 72.6 Å². The summed E-state index contributed by atoms with van der Waals surface area (Å²) in [7, 11) is 0. The maximum Gasteiger partial charge on any atom is 0.0912 e. The van der Waals surface area contributed by atoms with Crippen LogP contribution in [-0.2, 0) is 0 Å². The van der Waals surface area contributed by atoms with Gasteiger partial charge in [-0.2, -0.15) is 5.26 Å². The summed E-state index contributed by atoms with van der Waals surface area (Å²) >= 11 is 0. The Labute approximate surface area is 137 Å². The Morgan fingerprint density at radius 3 is 2.77 bits per heavy atom. The lowest BCUT2D eigenvalue weighted by Gasteiger charge is -2.43. The highest BCUT2D eigenvalue weighted by Crippen LogP contribution is 2.58. The van der Waals surface area contributed by atoms with E-state index in [1.54, 1.807) is 6.08 Å². The molecule has 1 fully saturated rings. The fourth-order valence-electron chi connectivity index (χ4n) is 5.16. The number of hydrogen-bond acceptors (Lipinski definition) is 1. The lowest BCUT2D eigenvalue weighted by atomic mass is 9.62. The van der Waals surface area contributed by atoms with Gasteiger partial charge in [-0.1, -0.05) is 53.0 Å². The summed E-state index contributed by atoms with van der Waals surface area (Å²) in [5.74, 6) is 3.22. The SMILES string of the molecule is CC(C)CCC[C@@H](C)[C@H]1CC[C@H]2C(/C=C/C#N)=CCC[C@]12C. The van der Waals surface area contributed by atoms with Gasteiger partial charge in [-0.05, 0) is 66.4 Å². The predicted molar refractivity (Wildman–Crippen MR) is 94.2 cm³/mol. The molecule has 0 radical (unpaired) electrons. The van der Waals surface area contributed by atoms with Crippen molar-refractivity contribution < 1.29 is 0 Å². The van der Waals surface area contributed by atoms with E-state index in [1.807, 2.05) is 0 Å². The van der Waals surface area contributed by atoms with Crippen LogP contribution in [0, 0.1) is 40.4 Å². The summed E-state index contributed by atoms with van der Waals surface area (Å²) in [5.41, 5.74) is 1.90. The smallest absolute Gasteiger partial charge is 0.0912 e. The Kier molecular flexibility index (Phi) is 5.90. The number of nitrogens with zero attached hydrogens (tertiary/aromatic N) is 1. The second kappa shape index (κ2) is 7.49. The van der Waals surface area contributed by atoms with Gasteiger partial charge in [0.25, 0.3) is 0 Å². The van der Waals surface area contributed by atoms with Crippen molar-refractivity contribution in [1.29, 1.82) is 5.26 Å². The highest BCUT2D eigenvalue weighted by atomic mass is 14.5. The van der Waals surface area contributed by atoms with E-state index in [2.05, 4.69) is 45.9 Å². The second-order valence-corrected chi connectivity index (χ2v) is 8.25. The molecule has 122 valence electrons. The van der Waals surface area contributed by atoms with Gasteiger partial charge < -0.3 is 0 Å². The van der Waals surface area contributed by atoms with E-state index in [0.717, 1.165) is 17.8 Å². The molecule has 0 aromatic carbocycles. The van der Waals surface area contributed by atoms with Crippen molar-refractivity contribution in [3.8, 4) is 6.07 Å². The average molecular weight is 300 g/mol. The molecule has 4 atom stereocenters. The minimum atomic E-state index is 0.459. The molecule has 0 aliphatic heterocycles. The van der Waals surface area contributed by atoms with Crippen molar-refractivity contribution in [3.63, 3.8) is 0 Å². The zero-order chi connectivity index (χ0) is 16.2. The van der Waals surface area contributed by atoms with E-state index in [4.69, 9.17) is 5.26 Å². The first-order chi connectivity index (χ1) is 10.5. The molecule has 0 aromatic rings. The molecule has 0 aromatic heterocycles. The molecule has 2 aliphatic carbocycles. The van der Waals surface area contributed by atoms with E-state index in [0.29, 0.717) is 11.3 Å². The molecule has 0 amide bonds. The number of rotatable bonds is 6. The van der Waals surface area contributed by atoms with Crippen LogP contribution < -0.4 is 0 Å². The van der Waals surface area contributed by atoms with E-state index in [9.17, 15) is 0 Å². The van der Waals surface area contributed by atoms with Gasteiger partial charge in [0.1, 0.15) is 0 Å². The lowest BCUT2D eigenvalue weighted by Crippen LogP contribution is -2.35. The summed E-state index contributed by atoms with van der Waals surface area (Å²) in [6.45, 7) is 9.68. The van der Waals surface area contributed by atoms with Gasteiger partial charge in [0, 0.05) is 6.08 Å². The molecule has 0 heterocycles. The van der Waals surface area contributed by atoms with Gasteiger partial charge in [-0.25, -0.2) is 0 Å². The van der Waals surface area contributed by atoms with Gasteiger partial charge in [0.2, 0.25) is 0 Å². The third kappa shape index (κ3) is 3.65. The van der Waals surface area contributed by atoms with Crippen LogP contribution in [-0.4, -0.2) is 0 Å². The largest absolute Gasteiger partial charge is 0.193 e. The first kappa shape index (κ1) is 17.3. The molecular formula is C21H33N. The lowest BCUT2D eigenvalue weighted by molar-refractivity contribution is 0.107. The van der Waals surface area contributed by atoms with Crippen LogP contribution in [0.2, 0.25) is 0 Å². The fraction of sp³-hybridized carbons (Fsp3) is 0.762. The second-order valence-electron chi connectivity index (χ2n) is 8.25. The normalized spacial score (nSPS) is 32.8. The van der Waals surface area contributed by atoms with Gasteiger partial charge in [-0.15, -0.1) is 0 Å². The Hall–Kier alpha value is -1.03. The number of allylic oxidation sites excluding steroid dienone is 4. The highest BCUT2D eigenvalue weighted by Gasteiger charge is 2.49. The Balaban J connectivity index is 2.03. The van der Waals surface area contributed by atoms with Crippen molar-refractivity contribution in [1.82, 2.24) is 0 Å². The minimum absolute atomic E-state index is 0.459. The number of fused-ring (bicyclic) bond motifs is 1. The van der Waals surface area contributed by atoms with Crippen molar-refractivity contribution >= 4 is 0 Å². The van der Waals surface area contributed by atoms with E-state index in [1.165, 1.54) is 50.5 Å². The first-order valence-corrected chi connectivity index (χ1v) is 9.25. The molecule has 22 heavy (non-hydrogen) atoms. The summed E-state index contributed by atoms with van der Waals surface area (Å²) < 4.78 is 0. The Bertz CT molecular complexity index is 465. The van der Waals surface area contributed by atoms with E-state index < -0.39 is 0 Å². The maximum absolute atomic E-state index is 8.82. The summed E-state index contributed by atoms with van der Waals surface area (Å²) in [4.78, 5) is 0. The molecular weight excluding hydrogens is 266 g/mol. The zero-order valence-electron chi connectivity index (χ0n) is 14.9. The van der Waals surface area contributed by atoms with Gasteiger partial charge in [0.15, 0.2) is 0 Å². The molecule has 2 rings (SSSR count). The monoisotopic (exact) mass is 299 g/mol. The summed E-state index contributed by atoms with van der Waals surface area (Å²) in [6, 6.07) is 2.16. The summed E-state index contributed by atoms with van der Waals surface area (Å²) in [6.07, 6.45) is 15.5. The van der Waals surface area contributed by atoms with E-state index >= 15 is 0 Å². The Morgan fingerprint density at radius 1 is 1.32 bits per heavy atom. The molecule has 0 bridgehead atoms. The van der Waals surface area contributed by atoms with Crippen LogP contribution in [0.4, 0.5) is 0 Å². The van der Waals surface area contributed by atoms with E-state index in [-0.39, 0.29) is 0 Å². The zero-order valence-corrected chi connectivity index (χ0v) is 14.9. The van der Waals surface area contributed by atoms with Crippen molar-refractivity contribution in [3.05, 3.63) is 23.8 Å². The molecule has 1 heteroatoms. The standard InChI is InChI=1S/C21H33N/c1-16(2)8-5-9-17(3)19-12-13-20-18(11-7-15-22)10-6-14-21(19,20)4/h7,10-11,16-17,19-20H,5-6,8-9,12-14H2,1-4H3/b11-7+/t17-,19-,20+,21-/m1/s1. The molecule has 0 spiro atoms. The van der Waals surface area contributed by atoms with Gasteiger partial charge >= 0.3 is 0 Å².